The van der Waals surface area contributed by atoms with Gasteiger partial charge in [-0.3, -0.25) is 9.69 Å². The fourth-order valence-corrected chi connectivity index (χ4v) is 4.29. The van der Waals surface area contributed by atoms with Gasteiger partial charge in [0.15, 0.2) is 6.10 Å². The van der Waals surface area contributed by atoms with Crippen LogP contribution in [0.2, 0.25) is 0 Å². The van der Waals surface area contributed by atoms with Gasteiger partial charge in [0.1, 0.15) is 11.6 Å². The molecule has 5 rings (SSSR count). The van der Waals surface area contributed by atoms with Crippen LogP contribution < -0.4 is 9.64 Å². The number of carbonyl (C=O) groups is 1. The Morgan fingerprint density at radius 2 is 2.16 bits per heavy atom. The molecule has 0 aromatic carbocycles. The van der Waals surface area contributed by atoms with E-state index in [2.05, 4.69) is 9.97 Å². The lowest BCUT2D eigenvalue weighted by Crippen LogP contribution is -2.46. The molecule has 0 saturated carbocycles. The molecule has 2 aromatic rings. The largest absolute Gasteiger partial charge is 0.483 e. The zero-order valence-electron chi connectivity index (χ0n) is 16.5. The van der Waals surface area contributed by atoms with Gasteiger partial charge >= 0.3 is 6.18 Å². The van der Waals surface area contributed by atoms with E-state index in [4.69, 9.17) is 14.2 Å². The van der Waals surface area contributed by atoms with E-state index in [9.17, 15) is 18.0 Å². The van der Waals surface area contributed by atoms with Crippen molar-refractivity contribution < 1.29 is 32.2 Å². The number of nitrogens with zero attached hydrogens (tertiary/aromatic N) is 3. The molecule has 2 atom stereocenters. The summed E-state index contributed by atoms with van der Waals surface area (Å²) < 4.78 is 55.4. The van der Waals surface area contributed by atoms with E-state index in [1.165, 1.54) is 18.1 Å². The Labute approximate surface area is 175 Å². The van der Waals surface area contributed by atoms with Crippen molar-refractivity contribution in [2.24, 2.45) is 0 Å². The summed E-state index contributed by atoms with van der Waals surface area (Å²) in [6, 6.07) is 6.84. The van der Waals surface area contributed by atoms with Crippen LogP contribution in [0.3, 0.4) is 0 Å². The minimum atomic E-state index is -4.48. The molecule has 7 nitrogen and oxygen atoms in total. The van der Waals surface area contributed by atoms with Crippen LogP contribution in [0, 0.1) is 0 Å². The fraction of sp³-hybridized carbons (Fsp3) is 0.381. The summed E-state index contributed by atoms with van der Waals surface area (Å²) in [5.74, 6) is 0.256. The maximum Gasteiger partial charge on any atom is 0.425 e. The van der Waals surface area contributed by atoms with Crippen molar-refractivity contribution in [1.82, 2.24) is 9.97 Å². The van der Waals surface area contributed by atoms with E-state index in [0.29, 0.717) is 29.4 Å². The monoisotopic (exact) mass is 433 g/mol. The number of hydrogen-bond donors (Lipinski definition) is 0. The molecule has 3 aliphatic rings. The second kappa shape index (κ2) is 6.94. The third-order valence-electron chi connectivity index (χ3n) is 5.69. The van der Waals surface area contributed by atoms with Crippen LogP contribution in [0.4, 0.5) is 19.0 Å². The molecular formula is C21H18F3N3O4. The first-order chi connectivity index (χ1) is 14.8. The molecule has 5 heterocycles. The summed E-state index contributed by atoms with van der Waals surface area (Å²) >= 11 is 0. The van der Waals surface area contributed by atoms with Crippen molar-refractivity contribution in [2.75, 3.05) is 25.2 Å². The molecule has 2 aromatic heterocycles. The van der Waals surface area contributed by atoms with Gasteiger partial charge in [-0.05, 0) is 30.2 Å². The number of hydrogen-bond acceptors (Lipinski definition) is 6. The lowest BCUT2D eigenvalue weighted by atomic mass is 9.85. The van der Waals surface area contributed by atoms with E-state index in [-0.39, 0.29) is 25.3 Å². The third kappa shape index (κ3) is 2.96. The summed E-state index contributed by atoms with van der Waals surface area (Å²) in [5.41, 5.74) is 0.252. The molecule has 162 valence electrons. The standard InChI is InChI=1S/C21H18F3N3O4/c1-29-16-4-2-3-14(26-16)20-17-12(8-10-30-20)7-9-25-18(17)27(19(20)28)11-13-5-6-15(31-13)21(22,23)24/h2-5,7,9,15H,6,8,10-11H2,1H3. The first kappa shape index (κ1) is 19.8. The van der Waals surface area contributed by atoms with E-state index in [0.717, 1.165) is 5.56 Å². The van der Waals surface area contributed by atoms with Gasteiger partial charge in [0.2, 0.25) is 11.5 Å². The summed E-state index contributed by atoms with van der Waals surface area (Å²) in [6.07, 6.45) is -3.16. The van der Waals surface area contributed by atoms with Crippen LogP contribution in [0.1, 0.15) is 23.2 Å². The molecule has 10 heteroatoms. The van der Waals surface area contributed by atoms with Crippen LogP contribution in [0.5, 0.6) is 5.88 Å². The molecule has 31 heavy (non-hydrogen) atoms. The number of pyridine rings is 2. The van der Waals surface area contributed by atoms with Gasteiger partial charge in [-0.15, -0.1) is 0 Å². The van der Waals surface area contributed by atoms with Crippen molar-refractivity contribution in [1.29, 1.82) is 0 Å². The second-order valence-corrected chi connectivity index (χ2v) is 7.46. The number of ether oxygens (including phenoxy) is 3. The number of methoxy groups -OCH3 is 1. The van der Waals surface area contributed by atoms with Crippen LogP contribution >= 0.6 is 0 Å². The zero-order chi connectivity index (χ0) is 21.8. The number of aromatic nitrogens is 2. The van der Waals surface area contributed by atoms with Crippen LogP contribution in [-0.2, 0) is 26.3 Å². The highest BCUT2D eigenvalue weighted by Gasteiger charge is 2.58. The molecule has 0 fully saturated rings. The van der Waals surface area contributed by atoms with Crippen molar-refractivity contribution in [3.8, 4) is 5.88 Å². The first-order valence-electron chi connectivity index (χ1n) is 9.73. The highest BCUT2D eigenvalue weighted by Crippen LogP contribution is 2.50. The molecule has 0 bridgehead atoms. The molecular weight excluding hydrogens is 415 g/mol. The number of alkyl halides is 3. The predicted octanol–water partition coefficient (Wildman–Crippen LogP) is 2.88. The summed E-state index contributed by atoms with van der Waals surface area (Å²) in [5, 5.41) is 0. The fourth-order valence-electron chi connectivity index (χ4n) is 4.29. The Bertz CT molecular complexity index is 1090. The Morgan fingerprint density at radius 3 is 2.90 bits per heavy atom. The molecule has 3 aliphatic heterocycles. The SMILES string of the molecule is COc1cccc(C23OCCc4ccnc(c42)N(CC2=CCC(C(F)(F)F)O2)C3=O)n1. The maximum absolute atomic E-state index is 13.7. The first-order valence-corrected chi connectivity index (χ1v) is 9.73. The highest BCUT2D eigenvalue weighted by molar-refractivity contribution is 6.09. The maximum atomic E-state index is 13.7. The molecule has 1 amide bonds. The van der Waals surface area contributed by atoms with Gasteiger partial charge in [-0.2, -0.15) is 13.2 Å². The van der Waals surface area contributed by atoms with Gasteiger partial charge in [0.05, 0.1) is 26.0 Å². The molecule has 0 aliphatic carbocycles. The van der Waals surface area contributed by atoms with E-state index >= 15 is 0 Å². The molecule has 0 saturated heterocycles. The number of carbonyl (C=O) groups excluding carboxylic acids is 1. The van der Waals surface area contributed by atoms with E-state index in [1.54, 1.807) is 24.4 Å². The average molecular weight is 433 g/mol. The molecule has 0 N–H and O–H groups in total. The minimum Gasteiger partial charge on any atom is -0.483 e. The van der Waals surface area contributed by atoms with Gasteiger partial charge in [0, 0.05) is 24.2 Å². The number of halogens is 3. The quantitative estimate of drug-likeness (QED) is 0.739. The number of amides is 1. The van der Waals surface area contributed by atoms with Gasteiger partial charge < -0.3 is 14.2 Å². The van der Waals surface area contributed by atoms with E-state index < -0.39 is 23.8 Å². The van der Waals surface area contributed by atoms with Crippen molar-refractivity contribution in [2.45, 2.75) is 30.7 Å². The zero-order valence-corrected chi connectivity index (χ0v) is 16.5. The topological polar surface area (TPSA) is 73.8 Å². The van der Waals surface area contributed by atoms with Gasteiger partial charge in [0.25, 0.3) is 5.91 Å². The highest BCUT2D eigenvalue weighted by atomic mass is 19.4. The Hall–Kier alpha value is -3.14. The lowest BCUT2D eigenvalue weighted by Gasteiger charge is -2.32. The Morgan fingerprint density at radius 1 is 1.32 bits per heavy atom. The van der Waals surface area contributed by atoms with Crippen LogP contribution in [0.25, 0.3) is 0 Å². The van der Waals surface area contributed by atoms with Gasteiger partial charge in [-0.25, -0.2) is 9.97 Å². The van der Waals surface area contributed by atoms with Crippen molar-refractivity contribution in [3.63, 3.8) is 0 Å². The van der Waals surface area contributed by atoms with Crippen LogP contribution in [-0.4, -0.2) is 48.4 Å². The lowest BCUT2D eigenvalue weighted by molar-refractivity contribution is -0.202. The van der Waals surface area contributed by atoms with Crippen LogP contribution in [0.15, 0.2) is 42.3 Å². The predicted molar refractivity (Wildman–Crippen MR) is 101 cm³/mol. The number of anilines is 1. The molecule has 0 radical (unpaired) electrons. The molecule has 0 spiro atoms. The number of rotatable bonds is 4. The Kier molecular flexibility index (Phi) is 4.44. The van der Waals surface area contributed by atoms with Gasteiger partial charge in [-0.1, -0.05) is 6.07 Å². The average Bonchev–Trinajstić information content (AvgIpc) is 3.34. The molecule has 2 unspecified atom stereocenters. The summed E-state index contributed by atoms with van der Waals surface area (Å²) in [4.78, 5) is 23.9. The Balaban J connectivity index is 1.57. The summed E-state index contributed by atoms with van der Waals surface area (Å²) in [6.45, 7) is 0.105. The normalized spacial score (nSPS) is 24.6. The summed E-state index contributed by atoms with van der Waals surface area (Å²) in [7, 11) is 1.47. The van der Waals surface area contributed by atoms with Crippen molar-refractivity contribution in [3.05, 3.63) is 59.1 Å². The van der Waals surface area contributed by atoms with Crippen molar-refractivity contribution >= 4 is 11.7 Å². The second-order valence-electron chi connectivity index (χ2n) is 7.46. The smallest absolute Gasteiger partial charge is 0.425 e. The van der Waals surface area contributed by atoms with E-state index in [1.807, 2.05) is 6.07 Å². The minimum absolute atomic E-state index is 0.0717. The third-order valence-corrected chi connectivity index (χ3v) is 5.69.